The zero-order chi connectivity index (χ0) is 32.1. The molecule has 2 heterocycles. The lowest BCUT2D eigenvalue weighted by molar-refractivity contribution is -0.134. The molecule has 0 aliphatic carbocycles. The summed E-state index contributed by atoms with van der Waals surface area (Å²) in [6.45, 7) is 4.08. The van der Waals surface area contributed by atoms with E-state index in [1.807, 2.05) is 6.92 Å². The Hall–Kier alpha value is -5.04. The molecule has 12 nitrogen and oxygen atoms in total. The molecule has 0 saturated carbocycles. The monoisotopic (exact) mass is 621 g/mol. The molecule has 3 aromatic carbocycles. The first kappa shape index (κ1) is 31.4. The van der Waals surface area contributed by atoms with Gasteiger partial charge in [-0.1, -0.05) is 6.92 Å². The molecule has 45 heavy (non-hydrogen) atoms. The highest BCUT2D eigenvalue weighted by Gasteiger charge is 2.32. The second kappa shape index (κ2) is 13.7. The number of nitrogens with zero attached hydrogens (tertiary/aromatic N) is 2. The maximum atomic E-state index is 13.5. The van der Waals surface area contributed by atoms with Crippen LogP contribution >= 0.6 is 0 Å². The average molecular weight is 622 g/mol. The van der Waals surface area contributed by atoms with Gasteiger partial charge < -0.3 is 45.1 Å². The molecule has 3 atom stereocenters. The molecule has 5 rings (SSSR count). The lowest BCUT2D eigenvalue weighted by Gasteiger charge is -2.34. The van der Waals surface area contributed by atoms with E-state index in [1.54, 1.807) is 55.3 Å². The minimum atomic E-state index is -0.547. The van der Waals surface area contributed by atoms with Gasteiger partial charge in [0.1, 0.15) is 17.7 Å². The number of hydrogen-bond acceptors (Lipinski definition) is 7. The number of urea groups is 2. The number of aliphatic hydroxyl groups is 1. The van der Waals surface area contributed by atoms with Crippen LogP contribution in [0.3, 0.4) is 0 Å². The van der Waals surface area contributed by atoms with Crippen molar-refractivity contribution in [2.75, 3.05) is 49.5 Å². The Labute approximate surface area is 260 Å². The van der Waals surface area contributed by atoms with E-state index in [-0.39, 0.29) is 44.2 Å². The second-order valence-corrected chi connectivity index (χ2v) is 11.2. The third-order valence-electron chi connectivity index (χ3n) is 7.70. The van der Waals surface area contributed by atoms with Crippen LogP contribution in [0.1, 0.15) is 19.4 Å². The third kappa shape index (κ3) is 7.73. The number of nitrogens with one attached hydrogen (secondary N) is 3. The summed E-state index contributed by atoms with van der Waals surface area (Å²) in [6, 6.07) is 14.1. The fraction of sp³-hybridized carbons (Fsp3) is 0.344. The number of likely N-dealkylation sites (N-methyl/N-ethyl adjacent to an activating group) is 1. The van der Waals surface area contributed by atoms with Gasteiger partial charge in [-0.2, -0.15) is 0 Å². The summed E-state index contributed by atoms with van der Waals surface area (Å²) in [5.74, 6) is 0.732. The number of aliphatic hydroxyl groups excluding tert-OH is 1. The number of anilines is 3. The topological polar surface area (TPSA) is 142 Å². The van der Waals surface area contributed by atoms with Crippen molar-refractivity contribution in [1.29, 1.82) is 0 Å². The van der Waals surface area contributed by atoms with E-state index >= 15 is 0 Å². The van der Waals surface area contributed by atoms with Crippen LogP contribution in [0.15, 0.2) is 60.7 Å². The molecule has 13 heteroatoms. The molecule has 0 spiro atoms. The van der Waals surface area contributed by atoms with Crippen LogP contribution < -0.4 is 30.2 Å². The number of rotatable bonds is 7. The van der Waals surface area contributed by atoms with Crippen LogP contribution in [0, 0.1) is 11.7 Å². The summed E-state index contributed by atoms with van der Waals surface area (Å²) in [7, 11) is 1.65. The molecular formula is C32H36FN5O7. The van der Waals surface area contributed by atoms with E-state index in [1.165, 1.54) is 29.2 Å². The number of amides is 5. The first-order valence-corrected chi connectivity index (χ1v) is 14.5. The molecule has 0 radical (unpaired) electrons. The van der Waals surface area contributed by atoms with Crippen LogP contribution in [-0.4, -0.2) is 78.6 Å². The molecule has 0 aromatic heterocycles. The third-order valence-corrected chi connectivity index (χ3v) is 7.70. The minimum Gasteiger partial charge on any atom is -0.488 e. The smallest absolute Gasteiger partial charge is 0.323 e. The summed E-state index contributed by atoms with van der Waals surface area (Å²) in [5, 5.41) is 18.1. The Morgan fingerprint density at radius 3 is 2.36 bits per heavy atom. The molecule has 5 amide bonds. The molecule has 0 unspecified atom stereocenters. The van der Waals surface area contributed by atoms with E-state index in [9.17, 15) is 23.9 Å². The van der Waals surface area contributed by atoms with Crippen molar-refractivity contribution in [1.82, 2.24) is 9.80 Å². The van der Waals surface area contributed by atoms with Gasteiger partial charge in [0.25, 0.3) is 0 Å². The summed E-state index contributed by atoms with van der Waals surface area (Å²) < 4.78 is 30.4. The van der Waals surface area contributed by atoms with Crippen molar-refractivity contribution in [3.8, 4) is 17.2 Å². The summed E-state index contributed by atoms with van der Waals surface area (Å²) >= 11 is 0. The van der Waals surface area contributed by atoms with Gasteiger partial charge in [-0.15, -0.1) is 0 Å². The summed E-state index contributed by atoms with van der Waals surface area (Å²) in [4.78, 5) is 42.4. The Balaban J connectivity index is 1.33. The van der Waals surface area contributed by atoms with Crippen molar-refractivity contribution < 1.29 is 38.1 Å². The fourth-order valence-corrected chi connectivity index (χ4v) is 5.10. The summed E-state index contributed by atoms with van der Waals surface area (Å²) in [6.07, 6.45) is -0.564. The highest BCUT2D eigenvalue weighted by molar-refractivity contribution is 6.00. The SMILES string of the molecule is C[C@H](CO)N1C[C@H](C)[C@H](CN(C)C(=O)Nc2ccc3c(c2)OCO3)Oc2ccc(NC(=O)Nc3ccc(F)cc3)cc2CC1=O. The number of hydrogen-bond donors (Lipinski definition) is 4. The van der Waals surface area contributed by atoms with Crippen molar-refractivity contribution in [3.05, 3.63) is 72.0 Å². The van der Waals surface area contributed by atoms with Gasteiger partial charge in [-0.25, -0.2) is 14.0 Å². The van der Waals surface area contributed by atoms with Crippen LogP contribution in [0.25, 0.3) is 0 Å². The lowest BCUT2D eigenvalue weighted by atomic mass is 10.0. The van der Waals surface area contributed by atoms with Gasteiger partial charge in [0.15, 0.2) is 11.5 Å². The van der Waals surface area contributed by atoms with Crippen molar-refractivity contribution in [2.24, 2.45) is 5.92 Å². The second-order valence-electron chi connectivity index (χ2n) is 11.2. The van der Waals surface area contributed by atoms with E-state index in [2.05, 4.69) is 16.0 Å². The molecule has 0 saturated heterocycles. The predicted molar refractivity (Wildman–Crippen MR) is 165 cm³/mol. The Morgan fingerprint density at radius 1 is 0.978 bits per heavy atom. The van der Waals surface area contributed by atoms with Gasteiger partial charge in [0.2, 0.25) is 12.7 Å². The predicted octanol–water partition coefficient (Wildman–Crippen LogP) is 4.51. The maximum absolute atomic E-state index is 13.5. The number of carbonyl (C=O) groups is 3. The number of carbonyl (C=O) groups excluding carboxylic acids is 3. The molecule has 0 fully saturated rings. The summed E-state index contributed by atoms with van der Waals surface area (Å²) in [5.41, 5.74) is 1.89. The highest BCUT2D eigenvalue weighted by atomic mass is 19.1. The quantitative estimate of drug-likeness (QED) is 0.304. The number of benzene rings is 3. The Kier molecular flexibility index (Phi) is 9.57. The van der Waals surface area contributed by atoms with Crippen molar-refractivity contribution in [2.45, 2.75) is 32.4 Å². The standard InChI is InChI=1S/C32H36FN5O7/c1-19-15-38(20(2)17-39)30(40)13-21-12-24(35-31(41)34-23-6-4-22(33)5-7-23)8-10-26(21)45-29(19)16-37(3)32(42)36-25-9-11-27-28(14-25)44-18-43-27/h4-12,14,19-20,29,39H,13,15-18H2,1-3H3,(H,36,42)(H2,34,35,41)/t19-,20+,29-/m0/s1. The molecule has 4 N–H and O–H groups in total. The van der Waals surface area contributed by atoms with Gasteiger partial charge in [0, 0.05) is 48.2 Å². The first-order chi connectivity index (χ1) is 21.6. The Morgan fingerprint density at radius 2 is 1.62 bits per heavy atom. The largest absolute Gasteiger partial charge is 0.488 e. The van der Waals surface area contributed by atoms with Gasteiger partial charge in [-0.05, 0) is 61.5 Å². The molecule has 0 bridgehead atoms. The number of fused-ring (bicyclic) bond motifs is 2. The van der Waals surface area contributed by atoms with Crippen LogP contribution in [0.2, 0.25) is 0 Å². The van der Waals surface area contributed by atoms with Crippen LogP contribution in [-0.2, 0) is 11.2 Å². The van der Waals surface area contributed by atoms with Gasteiger partial charge in [0.05, 0.1) is 25.6 Å². The first-order valence-electron chi connectivity index (χ1n) is 14.5. The molecule has 238 valence electrons. The molecule has 2 aliphatic heterocycles. The average Bonchev–Trinajstić information content (AvgIpc) is 3.50. The minimum absolute atomic E-state index is 0.0331. The van der Waals surface area contributed by atoms with E-state index in [4.69, 9.17) is 14.2 Å². The van der Waals surface area contributed by atoms with Crippen LogP contribution in [0.4, 0.5) is 31.0 Å². The van der Waals surface area contributed by atoms with Gasteiger partial charge in [-0.3, -0.25) is 4.79 Å². The molecule has 3 aromatic rings. The maximum Gasteiger partial charge on any atom is 0.323 e. The highest BCUT2D eigenvalue weighted by Crippen LogP contribution is 2.34. The van der Waals surface area contributed by atoms with Crippen LogP contribution in [0.5, 0.6) is 17.2 Å². The molecular weight excluding hydrogens is 585 g/mol. The molecule has 2 aliphatic rings. The van der Waals surface area contributed by atoms with Crippen molar-refractivity contribution in [3.63, 3.8) is 0 Å². The number of ether oxygens (including phenoxy) is 3. The zero-order valence-corrected chi connectivity index (χ0v) is 25.2. The zero-order valence-electron chi connectivity index (χ0n) is 25.2. The van der Waals surface area contributed by atoms with E-state index in [0.29, 0.717) is 46.4 Å². The van der Waals surface area contributed by atoms with Crippen molar-refractivity contribution >= 4 is 35.0 Å². The van der Waals surface area contributed by atoms with E-state index in [0.717, 1.165) is 0 Å². The lowest BCUT2D eigenvalue weighted by Crippen LogP contribution is -2.48. The van der Waals surface area contributed by atoms with E-state index < -0.39 is 24.0 Å². The number of halogens is 1. The normalized spacial score (nSPS) is 18.0. The Bertz CT molecular complexity index is 1550. The van der Waals surface area contributed by atoms with Gasteiger partial charge >= 0.3 is 12.1 Å². The fourth-order valence-electron chi connectivity index (χ4n) is 5.10.